The highest BCUT2D eigenvalue weighted by molar-refractivity contribution is 6.04. The molecule has 3 N–H and O–H groups in total. The number of carbonyl (C=O) groups is 1. The van der Waals surface area contributed by atoms with Gasteiger partial charge in [-0.3, -0.25) is 14.4 Å². The maximum Gasteiger partial charge on any atom is 0.316 e. The number of ether oxygens (including phenoxy) is 1. The molecule has 1 aliphatic rings. The molecule has 1 aliphatic carbocycles. The predicted molar refractivity (Wildman–Crippen MR) is 125 cm³/mol. The van der Waals surface area contributed by atoms with Crippen LogP contribution in [0.25, 0.3) is 10.9 Å². The number of anilines is 2. The summed E-state index contributed by atoms with van der Waals surface area (Å²) in [5, 5.41) is 29.2. The lowest BCUT2D eigenvalue weighted by molar-refractivity contribution is -0.895. The van der Waals surface area contributed by atoms with Gasteiger partial charge >= 0.3 is 5.82 Å². The van der Waals surface area contributed by atoms with Crippen molar-refractivity contribution in [1.29, 1.82) is 0 Å². The standard InChI is InChI=1S/C24H31N5O4/c1-5-33-21-14-18-16(15-28(26-18)17-9-11-24(2,31)12-10-17)13-19(21)25-23(30)20-7-6-8-22(27(3)4)29(20)32/h6-8,13-15,17,31H,5,9-12H2,1-4H3,(H-,25,30,32)/p+1/t17-,24-. The number of nitrogens with zero attached hydrogens (tertiary/aromatic N) is 4. The molecule has 1 fully saturated rings. The lowest BCUT2D eigenvalue weighted by Gasteiger charge is -2.33. The fourth-order valence-electron chi connectivity index (χ4n) is 4.31. The summed E-state index contributed by atoms with van der Waals surface area (Å²) in [6, 6.07) is 8.89. The Balaban J connectivity index is 1.64. The molecule has 0 radical (unpaired) electrons. The van der Waals surface area contributed by atoms with E-state index in [4.69, 9.17) is 9.84 Å². The van der Waals surface area contributed by atoms with Crippen molar-refractivity contribution in [3.05, 3.63) is 42.2 Å². The van der Waals surface area contributed by atoms with Gasteiger partial charge in [0.25, 0.3) is 5.91 Å². The summed E-state index contributed by atoms with van der Waals surface area (Å²) in [7, 11) is 3.58. The third-order valence-electron chi connectivity index (χ3n) is 6.21. The van der Waals surface area contributed by atoms with Crippen LogP contribution in [-0.2, 0) is 0 Å². The van der Waals surface area contributed by atoms with Crippen LogP contribution in [0, 0.1) is 0 Å². The number of aliphatic hydroxyl groups is 1. The molecule has 3 aromatic rings. The first-order valence-corrected chi connectivity index (χ1v) is 11.3. The molecular weight excluding hydrogens is 422 g/mol. The third-order valence-corrected chi connectivity index (χ3v) is 6.21. The van der Waals surface area contributed by atoms with Gasteiger partial charge < -0.3 is 20.4 Å². The zero-order valence-corrected chi connectivity index (χ0v) is 19.6. The summed E-state index contributed by atoms with van der Waals surface area (Å²) in [6.07, 6.45) is 5.19. The second kappa shape index (κ2) is 8.90. The average molecular weight is 455 g/mol. The maximum atomic E-state index is 13.0. The van der Waals surface area contributed by atoms with Gasteiger partial charge in [-0.05, 0) is 62.5 Å². The first-order valence-electron chi connectivity index (χ1n) is 11.3. The van der Waals surface area contributed by atoms with Crippen molar-refractivity contribution in [3.8, 4) is 5.75 Å². The van der Waals surface area contributed by atoms with E-state index in [2.05, 4.69) is 5.32 Å². The summed E-state index contributed by atoms with van der Waals surface area (Å²) in [5.74, 6) is 0.544. The van der Waals surface area contributed by atoms with E-state index in [1.165, 1.54) is 0 Å². The molecule has 0 aliphatic heterocycles. The molecule has 33 heavy (non-hydrogen) atoms. The van der Waals surface area contributed by atoms with Crippen molar-refractivity contribution in [3.63, 3.8) is 0 Å². The molecule has 0 atom stereocenters. The Morgan fingerprint density at radius 1 is 1.33 bits per heavy atom. The Bertz CT molecular complexity index is 1160. The van der Waals surface area contributed by atoms with E-state index >= 15 is 0 Å². The molecule has 176 valence electrons. The average Bonchev–Trinajstić information content (AvgIpc) is 3.16. The van der Waals surface area contributed by atoms with Crippen LogP contribution in [-0.4, -0.2) is 52.3 Å². The fraction of sp³-hybridized carbons (Fsp3) is 0.458. The van der Waals surface area contributed by atoms with E-state index in [1.807, 2.05) is 36.9 Å². The van der Waals surface area contributed by atoms with Crippen molar-refractivity contribution in [2.75, 3.05) is 30.9 Å². The number of nitrogens with one attached hydrogen (secondary N) is 1. The smallest absolute Gasteiger partial charge is 0.316 e. The molecule has 1 saturated carbocycles. The fourth-order valence-corrected chi connectivity index (χ4v) is 4.31. The summed E-state index contributed by atoms with van der Waals surface area (Å²) in [4.78, 5) is 14.7. The summed E-state index contributed by atoms with van der Waals surface area (Å²) < 4.78 is 8.61. The minimum Gasteiger partial charge on any atom is -0.492 e. The molecule has 0 spiro atoms. The zero-order valence-electron chi connectivity index (χ0n) is 19.6. The van der Waals surface area contributed by atoms with Crippen LogP contribution in [0.15, 0.2) is 36.5 Å². The quantitative estimate of drug-likeness (QED) is 0.391. The third kappa shape index (κ3) is 4.73. The lowest BCUT2D eigenvalue weighted by Crippen LogP contribution is -2.44. The van der Waals surface area contributed by atoms with Crippen LogP contribution < -0.4 is 19.7 Å². The summed E-state index contributed by atoms with van der Waals surface area (Å²) in [5.41, 5.74) is 0.792. The SMILES string of the molecule is CCOc1cc2nn([C@H]3CC[C@](C)(O)CC3)cc2cc1NC(=O)c1cccc(N(C)C)[n+]1O. The molecule has 2 aromatic heterocycles. The second-order valence-corrected chi connectivity index (χ2v) is 9.11. The van der Waals surface area contributed by atoms with E-state index in [0.29, 0.717) is 23.9 Å². The van der Waals surface area contributed by atoms with Gasteiger partial charge in [-0.2, -0.15) is 5.10 Å². The van der Waals surface area contributed by atoms with Gasteiger partial charge in [-0.25, -0.2) is 0 Å². The highest BCUT2D eigenvalue weighted by Gasteiger charge is 2.30. The van der Waals surface area contributed by atoms with Crippen LogP contribution >= 0.6 is 0 Å². The van der Waals surface area contributed by atoms with Gasteiger partial charge in [0.2, 0.25) is 5.69 Å². The number of rotatable bonds is 6. The molecule has 0 saturated heterocycles. The predicted octanol–water partition coefficient (Wildman–Crippen LogP) is 3.14. The van der Waals surface area contributed by atoms with Crippen LogP contribution in [0.2, 0.25) is 0 Å². The molecule has 9 heteroatoms. The van der Waals surface area contributed by atoms with Crippen LogP contribution in [0.1, 0.15) is 56.1 Å². The molecule has 9 nitrogen and oxygen atoms in total. The van der Waals surface area contributed by atoms with E-state index in [1.54, 1.807) is 37.2 Å². The highest BCUT2D eigenvalue weighted by Crippen LogP contribution is 2.36. The minimum atomic E-state index is -0.601. The van der Waals surface area contributed by atoms with Gasteiger partial charge in [0.05, 0.1) is 43.5 Å². The van der Waals surface area contributed by atoms with Gasteiger partial charge in [0.1, 0.15) is 5.75 Å². The molecule has 4 rings (SSSR count). The van der Waals surface area contributed by atoms with Crippen LogP contribution in [0.3, 0.4) is 0 Å². The lowest BCUT2D eigenvalue weighted by atomic mass is 9.84. The Morgan fingerprint density at radius 3 is 2.73 bits per heavy atom. The number of benzene rings is 1. The maximum absolute atomic E-state index is 13.0. The van der Waals surface area contributed by atoms with E-state index in [0.717, 1.165) is 41.3 Å². The van der Waals surface area contributed by atoms with Crippen molar-refractivity contribution in [1.82, 2.24) is 9.78 Å². The van der Waals surface area contributed by atoms with Crippen molar-refractivity contribution in [2.24, 2.45) is 0 Å². The van der Waals surface area contributed by atoms with Gasteiger partial charge in [-0.1, -0.05) is 0 Å². The van der Waals surface area contributed by atoms with E-state index < -0.39 is 11.5 Å². The number of pyridine rings is 1. The van der Waals surface area contributed by atoms with Gasteiger partial charge in [0.15, 0.2) is 0 Å². The van der Waals surface area contributed by atoms with Crippen molar-refractivity contribution < 1.29 is 24.6 Å². The van der Waals surface area contributed by atoms with E-state index in [-0.39, 0.29) is 11.7 Å². The van der Waals surface area contributed by atoms with Crippen LogP contribution in [0.5, 0.6) is 5.75 Å². The second-order valence-electron chi connectivity index (χ2n) is 9.11. The first kappa shape index (κ1) is 22.8. The monoisotopic (exact) mass is 454 g/mol. The Kier molecular flexibility index (Phi) is 6.16. The van der Waals surface area contributed by atoms with E-state index in [9.17, 15) is 15.1 Å². The summed E-state index contributed by atoms with van der Waals surface area (Å²) in [6.45, 7) is 4.20. The Labute approximate surface area is 193 Å². The molecule has 1 amide bonds. The largest absolute Gasteiger partial charge is 0.492 e. The van der Waals surface area contributed by atoms with Crippen molar-refractivity contribution >= 4 is 28.3 Å². The zero-order chi connectivity index (χ0) is 23.8. The number of carbonyl (C=O) groups excluding carboxylic acids is 1. The molecule has 1 aromatic carbocycles. The Hall–Kier alpha value is -3.33. The first-order chi connectivity index (χ1) is 15.7. The normalized spacial score (nSPS) is 20.6. The summed E-state index contributed by atoms with van der Waals surface area (Å²) >= 11 is 0. The number of fused-ring (bicyclic) bond motifs is 1. The number of hydrogen-bond donors (Lipinski definition) is 3. The molecule has 2 heterocycles. The van der Waals surface area contributed by atoms with Gasteiger partial charge in [0, 0.05) is 23.7 Å². The topological polar surface area (TPSA) is 104 Å². The minimum absolute atomic E-state index is 0.105. The van der Waals surface area contributed by atoms with Crippen molar-refractivity contribution in [2.45, 2.75) is 51.2 Å². The molecule has 0 bridgehead atoms. The number of aromatic nitrogens is 3. The molecular formula is C24H32N5O4+. The van der Waals surface area contributed by atoms with Gasteiger partial charge in [-0.15, -0.1) is 0 Å². The number of hydrogen-bond acceptors (Lipinski definition) is 6. The number of amides is 1. The van der Waals surface area contributed by atoms with Crippen LogP contribution in [0.4, 0.5) is 11.5 Å². The highest BCUT2D eigenvalue weighted by atomic mass is 16.5. The molecule has 0 unspecified atom stereocenters. The Morgan fingerprint density at radius 2 is 2.06 bits per heavy atom.